The number of carbonyl (C=O) groups is 2. The molecular formula is C9H12N2O3. The molecule has 0 aromatic heterocycles. The standard InChI is InChI=1S/C9H12N2O3/c12-8(13)5-6-4-7-10-2-1-3-11(7)9(6)14/h4,6,10H,1-3,5H2,(H,12,13). The number of rotatable bonds is 2. The zero-order valence-corrected chi connectivity index (χ0v) is 7.69. The van der Waals surface area contributed by atoms with E-state index in [9.17, 15) is 9.59 Å². The van der Waals surface area contributed by atoms with Gasteiger partial charge in [-0.15, -0.1) is 0 Å². The normalized spacial score (nSPS) is 25.4. The molecule has 76 valence electrons. The number of carboxylic acids is 1. The summed E-state index contributed by atoms with van der Waals surface area (Å²) in [4.78, 5) is 23.8. The molecule has 0 aromatic rings. The monoisotopic (exact) mass is 196 g/mol. The molecule has 2 N–H and O–H groups in total. The maximum absolute atomic E-state index is 11.6. The largest absolute Gasteiger partial charge is 0.481 e. The van der Waals surface area contributed by atoms with Crippen LogP contribution in [0.15, 0.2) is 11.9 Å². The molecule has 0 saturated carbocycles. The van der Waals surface area contributed by atoms with Crippen LogP contribution >= 0.6 is 0 Å². The third kappa shape index (κ3) is 1.45. The molecule has 0 spiro atoms. The molecule has 2 aliphatic rings. The highest BCUT2D eigenvalue weighted by Gasteiger charge is 2.34. The van der Waals surface area contributed by atoms with Gasteiger partial charge in [0.25, 0.3) is 0 Å². The van der Waals surface area contributed by atoms with E-state index in [1.807, 2.05) is 0 Å². The zero-order valence-electron chi connectivity index (χ0n) is 7.69. The molecule has 14 heavy (non-hydrogen) atoms. The lowest BCUT2D eigenvalue weighted by molar-refractivity contribution is -0.141. The van der Waals surface area contributed by atoms with Crippen LogP contribution < -0.4 is 5.32 Å². The molecule has 1 unspecified atom stereocenters. The molecule has 0 radical (unpaired) electrons. The molecule has 1 amide bonds. The van der Waals surface area contributed by atoms with E-state index in [0.717, 1.165) is 18.8 Å². The first-order valence-corrected chi connectivity index (χ1v) is 4.67. The van der Waals surface area contributed by atoms with Crippen molar-refractivity contribution in [1.82, 2.24) is 10.2 Å². The molecular weight excluding hydrogens is 184 g/mol. The summed E-state index contributed by atoms with van der Waals surface area (Å²) < 4.78 is 0. The molecule has 1 atom stereocenters. The summed E-state index contributed by atoms with van der Waals surface area (Å²) in [6.45, 7) is 1.56. The Morgan fingerprint density at radius 3 is 3.14 bits per heavy atom. The second-order valence-electron chi connectivity index (χ2n) is 3.53. The summed E-state index contributed by atoms with van der Waals surface area (Å²) in [5.74, 6) is -0.713. The van der Waals surface area contributed by atoms with Gasteiger partial charge in [0.05, 0.1) is 12.3 Å². The fourth-order valence-electron chi connectivity index (χ4n) is 1.84. The van der Waals surface area contributed by atoms with Gasteiger partial charge in [-0.05, 0) is 12.5 Å². The number of amides is 1. The molecule has 0 aromatic carbocycles. The summed E-state index contributed by atoms with van der Waals surface area (Å²) >= 11 is 0. The molecule has 5 nitrogen and oxygen atoms in total. The summed E-state index contributed by atoms with van der Waals surface area (Å²) in [6, 6.07) is 0. The average molecular weight is 196 g/mol. The van der Waals surface area contributed by atoms with Gasteiger partial charge in [0.1, 0.15) is 5.82 Å². The number of hydrogen-bond donors (Lipinski definition) is 2. The summed E-state index contributed by atoms with van der Waals surface area (Å²) in [6.07, 6.45) is 2.53. The number of fused-ring (bicyclic) bond motifs is 1. The molecule has 2 rings (SSSR count). The van der Waals surface area contributed by atoms with Crippen molar-refractivity contribution in [1.29, 1.82) is 0 Å². The lowest BCUT2D eigenvalue weighted by atomic mass is 10.1. The summed E-state index contributed by atoms with van der Waals surface area (Å²) in [5, 5.41) is 11.7. The van der Waals surface area contributed by atoms with Crippen molar-refractivity contribution in [2.45, 2.75) is 12.8 Å². The first kappa shape index (κ1) is 9.05. The maximum Gasteiger partial charge on any atom is 0.304 e. The van der Waals surface area contributed by atoms with Gasteiger partial charge in [0.15, 0.2) is 0 Å². The maximum atomic E-state index is 11.6. The number of carboxylic acid groups (broad SMARTS) is 1. The van der Waals surface area contributed by atoms with Crippen LogP contribution in [0.3, 0.4) is 0 Å². The van der Waals surface area contributed by atoms with Crippen LogP contribution in [0.4, 0.5) is 0 Å². The van der Waals surface area contributed by atoms with Crippen molar-refractivity contribution in [3.63, 3.8) is 0 Å². The van der Waals surface area contributed by atoms with Crippen molar-refractivity contribution in [3.8, 4) is 0 Å². The van der Waals surface area contributed by atoms with E-state index in [4.69, 9.17) is 5.11 Å². The average Bonchev–Trinajstić information content (AvgIpc) is 2.44. The highest BCUT2D eigenvalue weighted by atomic mass is 16.4. The van der Waals surface area contributed by atoms with Crippen LogP contribution in [-0.2, 0) is 9.59 Å². The highest BCUT2D eigenvalue weighted by Crippen LogP contribution is 2.24. The topological polar surface area (TPSA) is 69.6 Å². The van der Waals surface area contributed by atoms with Crippen molar-refractivity contribution in [2.24, 2.45) is 5.92 Å². The molecule has 5 heteroatoms. The Morgan fingerprint density at radius 1 is 1.71 bits per heavy atom. The first-order chi connectivity index (χ1) is 6.68. The molecule has 1 fully saturated rings. The number of hydrogen-bond acceptors (Lipinski definition) is 3. The highest BCUT2D eigenvalue weighted by molar-refractivity contribution is 5.88. The second-order valence-corrected chi connectivity index (χ2v) is 3.53. The van der Waals surface area contributed by atoms with Gasteiger partial charge in [-0.1, -0.05) is 0 Å². The molecule has 1 saturated heterocycles. The van der Waals surface area contributed by atoms with Gasteiger partial charge in [-0.3, -0.25) is 14.5 Å². The van der Waals surface area contributed by atoms with E-state index in [1.54, 1.807) is 11.0 Å². The van der Waals surface area contributed by atoms with Gasteiger partial charge in [0.2, 0.25) is 5.91 Å². The minimum absolute atomic E-state index is 0.0883. The van der Waals surface area contributed by atoms with Crippen LogP contribution in [0, 0.1) is 5.92 Å². The number of nitrogens with zero attached hydrogens (tertiary/aromatic N) is 1. The summed E-state index contributed by atoms with van der Waals surface area (Å²) in [7, 11) is 0. The van der Waals surface area contributed by atoms with Gasteiger partial charge in [0, 0.05) is 13.1 Å². The third-order valence-corrected chi connectivity index (χ3v) is 2.49. The van der Waals surface area contributed by atoms with E-state index < -0.39 is 11.9 Å². The molecule has 0 bridgehead atoms. The van der Waals surface area contributed by atoms with E-state index in [2.05, 4.69) is 5.32 Å². The fourth-order valence-corrected chi connectivity index (χ4v) is 1.84. The predicted octanol–water partition coefficient (Wildman–Crippen LogP) is -0.246. The predicted molar refractivity (Wildman–Crippen MR) is 48.2 cm³/mol. The second kappa shape index (κ2) is 3.32. The van der Waals surface area contributed by atoms with Crippen molar-refractivity contribution in [3.05, 3.63) is 11.9 Å². The fraction of sp³-hybridized carbons (Fsp3) is 0.556. The quantitative estimate of drug-likeness (QED) is 0.639. The zero-order chi connectivity index (χ0) is 10.1. The minimum Gasteiger partial charge on any atom is -0.481 e. The van der Waals surface area contributed by atoms with Gasteiger partial charge in [-0.2, -0.15) is 0 Å². The number of nitrogens with one attached hydrogen (secondary N) is 1. The third-order valence-electron chi connectivity index (χ3n) is 2.49. The van der Waals surface area contributed by atoms with Crippen LogP contribution in [0.2, 0.25) is 0 Å². The SMILES string of the molecule is O=C(O)CC1C=C2NCCCN2C1=O. The van der Waals surface area contributed by atoms with E-state index in [-0.39, 0.29) is 12.3 Å². The van der Waals surface area contributed by atoms with E-state index >= 15 is 0 Å². The Hall–Kier alpha value is -1.52. The van der Waals surface area contributed by atoms with Crippen LogP contribution in [-0.4, -0.2) is 35.0 Å². The number of aliphatic carboxylic acids is 1. The summed E-state index contributed by atoms with van der Waals surface area (Å²) in [5.41, 5.74) is 0. The Labute approximate surface area is 81.4 Å². The van der Waals surface area contributed by atoms with Gasteiger partial charge >= 0.3 is 5.97 Å². The lowest BCUT2D eigenvalue weighted by Gasteiger charge is -2.26. The van der Waals surface area contributed by atoms with Crippen molar-refractivity contribution >= 4 is 11.9 Å². The van der Waals surface area contributed by atoms with Gasteiger partial charge in [-0.25, -0.2) is 0 Å². The molecule has 2 heterocycles. The molecule has 0 aliphatic carbocycles. The van der Waals surface area contributed by atoms with Crippen molar-refractivity contribution in [2.75, 3.05) is 13.1 Å². The van der Waals surface area contributed by atoms with E-state index in [1.165, 1.54) is 0 Å². The van der Waals surface area contributed by atoms with Crippen molar-refractivity contribution < 1.29 is 14.7 Å². The lowest BCUT2D eigenvalue weighted by Crippen LogP contribution is -2.40. The minimum atomic E-state index is -0.931. The Morgan fingerprint density at radius 2 is 2.50 bits per heavy atom. The molecule has 2 aliphatic heterocycles. The Balaban J connectivity index is 2.11. The Bertz CT molecular complexity index is 311. The van der Waals surface area contributed by atoms with Crippen LogP contribution in [0.1, 0.15) is 12.8 Å². The van der Waals surface area contributed by atoms with E-state index in [0.29, 0.717) is 6.54 Å². The van der Waals surface area contributed by atoms with Gasteiger partial charge < -0.3 is 10.4 Å². The number of carbonyl (C=O) groups excluding carboxylic acids is 1. The smallest absolute Gasteiger partial charge is 0.304 e. The first-order valence-electron chi connectivity index (χ1n) is 4.67. The van der Waals surface area contributed by atoms with Crippen LogP contribution in [0.25, 0.3) is 0 Å². The van der Waals surface area contributed by atoms with Crippen LogP contribution in [0.5, 0.6) is 0 Å². The Kier molecular flexibility index (Phi) is 2.15.